The SMILES string of the molecule is O=C(/C=C\c1cc(Cl)c2c(c1)OCCO2)NCCN1CCCCC1. The lowest BCUT2D eigenvalue weighted by molar-refractivity contribution is -0.116. The molecule has 24 heavy (non-hydrogen) atoms. The summed E-state index contributed by atoms with van der Waals surface area (Å²) in [6.45, 7) is 4.87. The molecule has 1 N–H and O–H groups in total. The van der Waals surface area contributed by atoms with Gasteiger partial charge in [0.05, 0.1) is 5.02 Å². The summed E-state index contributed by atoms with van der Waals surface area (Å²) >= 11 is 6.19. The number of halogens is 1. The summed E-state index contributed by atoms with van der Waals surface area (Å²) in [4.78, 5) is 14.3. The van der Waals surface area contributed by atoms with E-state index in [4.69, 9.17) is 21.1 Å². The Morgan fingerprint density at radius 3 is 2.83 bits per heavy atom. The molecule has 0 bridgehead atoms. The first-order chi connectivity index (χ1) is 11.7. The van der Waals surface area contributed by atoms with Crippen LogP contribution in [0.25, 0.3) is 6.08 Å². The molecule has 5 nitrogen and oxygen atoms in total. The van der Waals surface area contributed by atoms with Gasteiger partial charge in [0.15, 0.2) is 11.5 Å². The lowest BCUT2D eigenvalue weighted by Crippen LogP contribution is -2.37. The zero-order chi connectivity index (χ0) is 16.8. The summed E-state index contributed by atoms with van der Waals surface area (Å²) in [6.07, 6.45) is 7.11. The Morgan fingerprint density at radius 1 is 1.21 bits per heavy atom. The highest BCUT2D eigenvalue weighted by atomic mass is 35.5. The van der Waals surface area contributed by atoms with Crippen LogP contribution < -0.4 is 14.8 Å². The van der Waals surface area contributed by atoms with Gasteiger partial charge in [-0.15, -0.1) is 0 Å². The number of carbonyl (C=O) groups is 1. The predicted octanol–water partition coefficient (Wildman–Crippen LogP) is 2.73. The molecule has 0 unspecified atom stereocenters. The van der Waals surface area contributed by atoms with Gasteiger partial charge in [0.1, 0.15) is 13.2 Å². The fourth-order valence-corrected chi connectivity index (χ4v) is 3.25. The highest BCUT2D eigenvalue weighted by Crippen LogP contribution is 2.38. The maximum absolute atomic E-state index is 11.9. The molecule has 6 heteroatoms. The van der Waals surface area contributed by atoms with Crippen LogP contribution in [0, 0.1) is 0 Å². The van der Waals surface area contributed by atoms with Crippen molar-refractivity contribution in [3.05, 3.63) is 28.8 Å². The van der Waals surface area contributed by atoms with E-state index in [9.17, 15) is 4.79 Å². The van der Waals surface area contributed by atoms with Gasteiger partial charge in [-0.05, 0) is 49.7 Å². The Balaban J connectivity index is 1.49. The van der Waals surface area contributed by atoms with Gasteiger partial charge >= 0.3 is 0 Å². The van der Waals surface area contributed by atoms with Crippen LogP contribution in [0.15, 0.2) is 18.2 Å². The number of carbonyl (C=O) groups excluding carboxylic acids is 1. The fourth-order valence-electron chi connectivity index (χ4n) is 2.98. The number of nitrogens with one attached hydrogen (secondary N) is 1. The summed E-state index contributed by atoms with van der Waals surface area (Å²) in [5, 5.41) is 3.42. The highest BCUT2D eigenvalue weighted by Gasteiger charge is 2.16. The van der Waals surface area contributed by atoms with Crippen molar-refractivity contribution < 1.29 is 14.3 Å². The van der Waals surface area contributed by atoms with E-state index in [1.165, 1.54) is 25.3 Å². The predicted molar refractivity (Wildman–Crippen MR) is 94.8 cm³/mol. The van der Waals surface area contributed by atoms with Gasteiger partial charge in [-0.25, -0.2) is 0 Å². The summed E-state index contributed by atoms with van der Waals surface area (Å²) in [5.74, 6) is 1.10. The Labute approximate surface area is 147 Å². The summed E-state index contributed by atoms with van der Waals surface area (Å²) in [7, 11) is 0. The van der Waals surface area contributed by atoms with Crippen molar-refractivity contribution in [3.8, 4) is 11.5 Å². The van der Waals surface area contributed by atoms with Crippen LogP contribution in [0.4, 0.5) is 0 Å². The van der Waals surface area contributed by atoms with Gasteiger partial charge in [-0.3, -0.25) is 4.79 Å². The van der Waals surface area contributed by atoms with Gasteiger partial charge in [0.25, 0.3) is 0 Å². The number of hydrogen-bond acceptors (Lipinski definition) is 4. The number of hydrogen-bond donors (Lipinski definition) is 1. The van der Waals surface area contributed by atoms with Crippen molar-refractivity contribution in [3.63, 3.8) is 0 Å². The quantitative estimate of drug-likeness (QED) is 0.830. The molecule has 0 saturated carbocycles. The zero-order valence-corrected chi connectivity index (χ0v) is 14.5. The Morgan fingerprint density at radius 2 is 2.00 bits per heavy atom. The van der Waals surface area contributed by atoms with Gasteiger partial charge in [-0.1, -0.05) is 18.0 Å². The molecule has 0 radical (unpaired) electrons. The number of piperidine rings is 1. The molecule has 1 aromatic rings. The molecule has 1 aromatic carbocycles. The number of nitrogens with zero attached hydrogens (tertiary/aromatic N) is 1. The molecule has 0 spiro atoms. The van der Waals surface area contributed by atoms with E-state index in [0.717, 1.165) is 25.2 Å². The maximum atomic E-state index is 11.9. The zero-order valence-electron chi connectivity index (χ0n) is 13.7. The minimum Gasteiger partial charge on any atom is -0.486 e. The number of fused-ring (bicyclic) bond motifs is 1. The first-order valence-electron chi connectivity index (χ1n) is 8.50. The number of ether oxygens (including phenoxy) is 2. The third kappa shape index (κ3) is 4.65. The molecular weight excluding hydrogens is 328 g/mol. The lowest BCUT2D eigenvalue weighted by atomic mass is 10.1. The van der Waals surface area contributed by atoms with Crippen molar-refractivity contribution in [2.75, 3.05) is 39.4 Å². The molecule has 2 aliphatic heterocycles. The second-order valence-electron chi connectivity index (χ2n) is 6.05. The average Bonchev–Trinajstić information content (AvgIpc) is 2.61. The van der Waals surface area contributed by atoms with Crippen molar-refractivity contribution in [2.45, 2.75) is 19.3 Å². The largest absolute Gasteiger partial charge is 0.486 e. The minimum absolute atomic E-state index is 0.0991. The van der Waals surface area contributed by atoms with Crippen molar-refractivity contribution in [1.82, 2.24) is 10.2 Å². The van der Waals surface area contributed by atoms with Crippen LogP contribution in [0.5, 0.6) is 11.5 Å². The molecule has 1 fully saturated rings. The molecule has 0 atom stereocenters. The monoisotopic (exact) mass is 350 g/mol. The normalized spacial score (nSPS) is 17.9. The van der Waals surface area contributed by atoms with Crippen LogP contribution in [0.3, 0.4) is 0 Å². The Bertz CT molecular complexity index is 613. The molecule has 0 aliphatic carbocycles. The number of amides is 1. The van der Waals surface area contributed by atoms with E-state index >= 15 is 0 Å². The maximum Gasteiger partial charge on any atom is 0.244 e. The molecule has 2 heterocycles. The molecule has 130 valence electrons. The van der Waals surface area contributed by atoms with Crippen LogP contribution in [0.1, 0.15) is 24.8 Å². The second-order valence-corrected chi connectivity index (χ2v) is 6.46. The first kappa shape index (κ1) is 17.1. The van der Waals surface area contributed by atoms with Crippen LogP contribution >= 0.6 is 11.6 Å². The Hall–Kier alpha value is -1.72. The summed E-state index contributed by atoms with van der Waals surface area (Å²) < 4.78 is 11.0. The molecule has 3 rings (SSSR count). The second kappa shape index (κ2) is 8.40. The lowest BCUT2D eigenvalue weighted by Gasteiger charge is -2.26. The van der Waals surface area contributed by atoms with Gasteiger partial charge in [-0.2, -0.15) is 0 Å². The van der Waals surface area contributed by atoms with Crippen molar-refractivity contribution >= 4 is 23.6 Å². The first-order valence-corrected chi connectivity index (χ1v) is 8.87. The molecule has 1 amide bonds. The van der Waals surface area contributed by atoms with Gasteiger partial charge < -0.3 is 19.7 Å². The average molecular weight is 351 g/mol. The van der Waals surface area contributed by atoms with E-state index in [0.29, 0.717) is 36.3 Å². The number of benzene rings is 1. The standard InChI is InChI=1S/C18H23ClN2O3/c19-15-12-14(13-16-18(15)24-11-10-23-16)4-5-17(22)20-6-9-21-7-2-1-3-8-21/h4-5,12-13H,1-3,6-11H2,(H,20,22)/b5-4-. The van der Waals surface area contributed by atoms with Crippen molar-refractivity contribution in [2.24, 2.45) is 0 Å². The van der Waals surface area contributed by atoms with E-state index in [2.05, 4.69) is 10.2 Å². The van der Waals surface area contributed by atoms with E-state index in [1.807, 2.05) is 6.07 Å². The van der Waals surface area contributed by atoms with E-state index in [-0.39, 0.29) is 5.91 Å². The van der Waals surface area contributed by atoms with E-state index in [1.54, 1.807) is 12.1 Å². The molecular formula is C18H23ClN2O3. The topological polar surface area (TPSA) is 50.8 Å². The van der Waals surface area contributed by atoms with E-state index < -0.39 is 0 Å². The van der Waals surface area contributed by atoms with Crippen LogP contribution in [-0.2, 0) is 4.79 Å². The van der Waals surface area contributed by atoms with Crippen molar-refractivity contribution in [1.29, 1.82) is 0 Å². The number of likely N-dealkylation sites (tertiary alicyclic amines) is 1. The molecule has 1 saturated heterocycles. The van der Waals surface area contributed by atoms with Gasteiger partial charge in [0, 0.05) is 19.2 Å². The summed E-state index contributed by atoms with van der Waals surface area (Å²) in [6, 6.07) is 3.60. The van der Waals surface area contributed by atoms with Crippen LogP contribution in [-0.4, -0.2) is 50.2 Å². The third-order valence-electron chi connectivity index (χ3n) is 4.22. The number of rotatable bonds is 5. The van der Waals surface area contributed by atoms with Crippen LogP contribution in [0.2, 0.25) is 5.02 Å². The fraction of sp³-hybridized carbons (Fsp3) is 0.500. The molecule has 0 aromatic heterocycles. The highest BCUT2D eigenvalue weighted by molar-refractivity contribution is 6.32. The third-order valence-corrected chi connectivity index (χ3v) is 4.50. The molecule has 2 aliphatic rings. The summed E-state index contributed by atoms with van der Waals surface area (Å²) in [5.41, 5.74) is 0.815. The Kier molecular flexibility index (Phi) is 5.99. The minimum atomic E-state index is -0.0991. The van der Waals surface area contributed by atoms with Gasteiger partial charge in [0.2, 0.25) is 5.91 Å². The smallest absolute Gasteiger partial charge is 0.244 e.